The summed E-state index contributed by atoms with van der Waals surface area (Å²) < 4.78 is 5.64. The molecule has 0 aliphatic carbocycles. The molecule has 1 aromatic carbocycles. The number of nitrogens with two attached hydrogens (primary N) is 1. The Morgan fingerprint density at radius 3 is 2.69 bits per heavy atom. The van der Waals surface area contributed by atoms with Gasteiger partial charge in [0.2, 0.25) is 0 Å². The maximum absolute atomic E-state index is 9.04. The fourth-order valence-corrected chi connectivity index (χ4v) is 1.35. The van der Waals surface area contributed by atoms with Gasteiger partial charge in [0.1, 0.15) is 12.4 Å². The van der Waals surface area contributed by atoms with Crippen molar-refractivity contribution in [1.29, 1.82) is 0 Å². The second-order valence-electron chi connectivity index (χ2n) is 3.98. The Morgan fingerprint density at radius 2 is 2.06 bits per heavy atom. The number of rotatable bonds is 6. The summed E-state index contributed by atoms with van der Waals surface area (Å²) in [7, 11) is 3.99. The highest BCUT2D eigenvalue weighted by atomic mass is 16.5. The van der Waals surface area contributed by atoms with E-state index in [-0.39, 0.29) is 12.6 Å². The van der Waals surface area contributed by atoms with E-state index in [0.29, 0.717) is 6.61 Å². The number of nitrogens with zero attached hydrogens (tertiary/aromatic N) is 1. The van der Waals surface area contributed by atoms with Crippen molar-refractivity contribution < 1.29 is 9.84 Å². The normalized spacial score (nSPS) is 12.8. The second-order valence-corrected chi connectivity index (χ2v) is 3.98. The molecule has 0 radical (unpaired) electrons. The highest BCUT2D eigenvalue weighted by molar-refractivity contribution is 5.35. The molecule has 0 aliphatic rings. The van der Waals surface area contributed by atoms with Gasteiger partial charge in [0.15, 0.2) is 0 Å². The van der Waals surface area contributed by atoms with E-state index in [4.69, 9.17) is 15.6 Å². The van der Waals surface area contributed by atoms with E-state index in [2.05, 4.69) is 4.90 Å². The molecule has 1 rings (SSSR count). The van der Waals surface area contributed by atoms with Crippen molar-refractivity contribution in [2.75, 3.05) is 33.9 Å². The zero-order chi connectivity index (χ0) is 12.0. The molecule has 0 spiro atoms. The summed E-state index contributed by atoms with van der Waals surface area (Å²) in [5.41, 5.74) is 6.64. The lowest BCUT2D eigenvalue weighted by molar-refractivity contribution is 0.245. The van der Waals surface area contributed by atoms with Gasteiger partial charge in [0, 0.05) is 12.1 Å². The maximum Gasteiger partial charge on any atom is 0.124 e. The fraction of sp³-hybridized carbons (Fsp3) is 0.500. The van der Waals surface area contributed by atoms with Crippen LogP contribution in [-0.4, -0.2) is 43.9 Å². The predicted octanol–water partition coefficient (Wildman–Crippen LogP) is 0.619. The zero-order valence-corrected chi connectivity index (χ0v) is 9.89. The molecule has 0 amide bonds. The Bertz CT molecular complexity index is 316. The molecule has 3 N–H and O–H groups in total. The van der Waals surface area contributed by atoms with Crippen molar-refractivity contribution in [2.45, 2.75) is 6.04 Å². The van der Waals surface area contributed by atoms with E-state index < -0.39 is 0 Å². The number of para-hydroxylation sites is 1. The molecule has 0 aliphatic heterocycles. The molecule has 0 aromatic heterocycles. The Morgan fingerprint density at radius 1 is 1.38 bits per heavy atom. The minimum absolute atomic E-state index is 0.0753. The van der Waals surface area contributed by atoms with Crippen molar-refractivity contribution >= 4 is 0 Å². The molecule has 1 aromatic rings. The SMILES string of the molecule is CN(C)CCOc1ccccc1[C@H](N)CO. The van der Waals surface area contributed by atoms with Crippen LogP contribution in [0.3, 0.4) is 0 Å². The summed E-state index contributed by atoms with van der Waals surface area (Å²) in [5, 5.41) is 9.04. The number of hydrogen-bond donors (Lipinski definition) is 2. The van der Waals surface area contributed by atoms with Crippen LogP contribution < -0.4 is 10.5 Å². The van der Waals surface area contributed by atoms with Crippen LogP contribution in [0.25, 0.3) is 0 Å². The van der Waals surface area contributed by atoms with Crippen LogP contribution >= 0.6 is 0 Å². The first-order valence-electron chi connectivity index (χ1n) is 5.38. The number of benzene rings is 1. The van der Waals surface area contributed by atoms with E-state index in [1.165, 1.54) is 0 Å². The van der Waals surface area contributed by atoms with Gasteiger partial charge in [-0.25, -0.2) is 0 Å². The largest absolute Gasteiger partial charge is 0.492 e. The minimum atomic E-state index is -0.379. The highest BCUT2D eigenvalue weighted by Crippen LogP contribution is 2.23. The first-order valence-corrected chi connectivity index (χ1v) is 5.38. The molecule has 16 heavy (non-hydrogen) atoms. The minimum Gasteiger partial charge on any atom is -0.492 e. The Kier molecular flexibility index (Phi) is 5.25. The third-order valence-corrected chi connectivity index (χ3v) is 2.31. The van der Waals surface area contributed by atoms with E-state index in [9.17, 15) is 0 Å². The van der Waals surface area contributed by atoms with Crippen LogP contribution in [0.4, 0.5) is 0 Å². The fourth-order valence-electron chi connectivity index (χ4n) is 1.35. The molecule has 0 saturated heterocycles. The molecule has 1 atom stereocenters. The van der Waals surface area contributed by atoms with Crippen LogP contribution in [0, 0.1) is 0 Å². The summed E-state index contributed by atoms with van der Waals surface area (Å²) in [6.07, 6.45) is 0. The van der Waals surface area contributed by atoms with Gasteiger partial charge in [-0.15, -0.1) is 0 Å². The molecule has 0 bridgehead atoms. The van der Waals surface area contributed by atoms with Crippen LogP contribution in [0.1, 0.15) is 11.6 Å². The summed E-state index contributed by atoms with van der Waals surface area (Å²) in [5.74, 6) is 0.755. The maximum atomic E-state index is 9.04. The molecular formula is C12H20N2O2. The lowest BCUT2D eigenvalue weighted by Crippen LogP contribution is -2.21. The molecule has 0 saturated carbocycles. The molecule has 0 fully saturated rings. The number of ether oxygens (including phenoxy) is 1. The van der Waals surface area contributed by atoms with Crippen LogP contribution in [0.2, 0.25) is 0 Å². The van der Waals surface area contributed by atoms with Gasteiger partial charge in [0.25, 0.3) is 0 Å². The van der Waals surface area contributed by atoms with Crippen LogP contribution in [0.5, 0.6) is 5.75 Å². The molecule has 4 nitrogen and oxygen atoms in total. The monoisotopic (exact) mass is 224 g/mol. The number of aliphatic hydroxyl groups is 1. The lowest BCUT2D eigenvalue weighted by atomic mass is 10.1. The standard InChI is InChI=1S/C12H20N2O2/c1-14(2)7-8-16-12-6-4-3-5-10(12)11(13)9-15/h3-6,11,15H,7-9,13H2,1-2H3/t11-/m1/s1. The van der Waals surface area contributed by atoms with Gasteiger partial charge < -0.3 is 20.5 Å². The average molecular weight is 224 g/mol. The number of hydrogen-bond acceptors (Lipinski definition) is 4. The van der Waals surface area contributed by atoms with Crippen molar-refractivity contribution in [3.63, 3.8) is 0 Å². The molecule has 90 valence electrons. The van der Waals surface area contributed by atoms with Gasteiger partial charge in [-0.2, -0.15) is 0 Å². The first kappa shape index (κ1) is 13.0. The molecule has 0 unspecified atom stereocenters. The van der Waals surface area contributed by atoms with E-state index in [0.717, 1.165) is 17.9 Å². The summed E-state index contributed by atoms with van der Waals surface area (Å²) in [4.78, 5) is 2.05. The molecule has 0 heterocycles. The average Bonchev–Trinajstić information content (AvgIpc) is 2.28. The Labute approximate surface area is 96.6 Å². The van der Waals surface area contributed by atoms with Gasteiger partial charge in [-0.3, -0.25) is 0 Å². The summed E-state index contributed by atoms with van der Waals surface area (Å²) in [6.45, 7) is 1.39. The quantitative estimate of drug-likeness (QED) is 0.743. The Balaban J connectivity index is 2.64. The lowest BCUT2D eigenvalue weighted by Gasteiger charge is -2.16. The first-order chi connectivity index (χ1) is 7.65. The van der Waals surface area contributed by atoms with Gasteiger partial charge in [0.05, 0.1) is 12.6 Å². The van der Waals surface area contributed by atoms with Crippen molar-refractivity contribution in [1.82, 2.24) is 4.90 Å². The van der Waals surface area contributed by atoms with Crippen molar-refractivity contribution in [3.05, 3.63) is 29.8 Å². The van der Waals surface area contributed by atoms with E-state index >= 15 is 0 Å². The second kappa shape index (κ2) is 6.48. The zero-order valence-electron chi connectivity index (χ0n) is 9.89. The van der Waals surface area contributed by atoms with Crippen molar-refractivity contribution in [3.8, 4) is 5.75 Å². The molecular weight excluding hydrogens is 204 g/mol. The smallest absolute Gasteiger partial charge is 0.124 e. The van der Waals surface area contributed by atoms with Crippen LogP contribution in [0.15, 0.2) is 24.3 Å². The van der Waals surface area contributed by atoms with Gasteiger partial charge >= 0.3 is 0 Å². The third kappa shape index (κ3) is 3.81. The summed E-state index contributed by atoms with van der Waals surface area (Å²) in [6, 6.07) is 7.17. The third-order valence-electron chi connectivity index (χ3n) is 2.31. The van der Waals surface area contributed by atoms with Gasteiger partial charge in [-0.1, -0.05) is 18.2 Å². The summed E-state index contributed by atoms with van der Waals surface area (Å²) >= 11 is 0. The molecule has 4 heteroatoms. The Hall–Kier alpha value is -1.10. The van der Waals surface area contributed by atoms with Crippen LogP contribution in [-0.2, 0) is 0 Å². The number of aliphatic hydroxyl groups excluding tert-OH is 1. The number of likely N-dealkylation sites (N-methyl/N-ethyl adjacent to an activating group) is 1. The van der Waals surface area contributed by atoms with Gasteiger partial charge in [-0.05, 0) is 20.2 Å². The predicted molar refractivity (Wildman–Crippen MR) is 64.5 cm³/mol. The topological polar surface area (TPSA) is 58.7 Å². The highest BCUT2D eigenvalue weighted by Gasteiger charge is 2.10. The van der Waals surface area contributed by atoms with E-state index in [1.54, 1.807) is 0 Å². The van der Waals surface area contributed by atoms with Crippen molar-refractivity contribution in [2.24, 2.45) is 5.73 Å². The van der Waals surface area contributed by atoms with E-state index in [1.807, 2.05) is 38.4 Å².